The number of imide groups is 1. The average Bonchev–Trinajstić information content (AvgIpc) is 3.03. The number of nitrogens with one attached hydrogen (secondary N) is 2. The maximum Gasteiger partial charge on any atom is 0.286 e. The maximum absolute atomic E-state index is 12.6. The molecule has 3 N–H and O–H groups in total. The molecule has 0 spiro atoms. The van der Waals surface area contributed by atoms with Crippen LogP contribution in [0.1, 0.15) is 40.7 Å². The number of benzene rings is 2. The van der Waals surface area contributed by atoms with Crippen LogP contribution in [0.2, 0.25) is 10.0 Å². The minimum absolute atomic E-state index is 0.158. The molecule has 1 unspecified atom stereocenters. The first-order valence-corrected chi connectivity index (χ1v) is 11.7. The summed E-state index contributed by atoms with van der Waals surface area (Å²) in [4.78, 5) is 35.8. The van der Waals surface area contributed by atoms with Crippen LogP contribution in [0.15, 0.2) is 30.3 Å². The second kappa shape index (κ2) is 9.70. The van der Waals surface area contributed by atoms with Crippen LogP contribution < -0.4 is 15.4 Å². The van der Waals surface area contributed by atoms with Crippen molar-refractivity contribution in [1.82, 2.24) is 10.6 Å². The van der Waals surface area contributed by atoms with E-state index < -0.39 is 5.25 Å². The zero-order chi connectivity index (χ0) is 22.8. The lowest BCUT2D eigenvalue weighted by atomic mass is 9.92. The molecule has 3 amide bonds. The van der Waals surface area contributed by atoms with Crippen LogP contribution in [-0.4, -0.2) is 33.5 Å². The van der Waals surface area contributed by atoms with Gasteiger partial charge in [0.05, 0.1) is 21.9 Å². The highest BCUT2D eigenvalue weighted by atomic mass is 35.5. The molecule has 2 fully saturated rings. The molecule has 4 rings (SSSR count). The standard InChI is InChI=1S/C22H20Cl2N2O5S/c23-16-6-11(8-18-21(29)26-22(30)32-18)7-17(24)19(16)31-14-5-4-12(10-27)15(9-14)20(28)25-13-2-1-3-13/h4-7,9,13,18,27H,1-3,8,10H2,(H,25,28)(H,26,29,30). The van der Waals surface area contributed by atoms with Crippen LogP contribution in [-0.2, 0) is 17.8 Å². The van der Waals surface area contributed by atoms with E-state index in [0.717, 1.165) is 31.0 Å². The van der Waals surface area contributed by atoms with Crippen molar-refractivity contribution in [1.29, 1.82) is 0 Å². The number of rotatable bonds is 7. The van der Waals surface area contributed by atoms with Crippen molar-refractivity contribution in [3.8, 4) is 11.5 Å². The summed E-state index contributed by atoms with van der Waals surface area (Å²) in [5, 5.41) is 14.4. The maximum atomic E-state index is 12.6. The van der Waals surface area contributed by atoms with Crippen molar-refractivity contribution in [2.75, 3.05) is 0 Å². The van der Waals surface area contributed by atoms with E-state index in [4.69, 9.17) is 27.9 Å². The SMILES string of the molecule is O=C1NC(=O)C(Cc2cc(Cl)c(Oc3ccc(CO)c(C(=O)NC4CCC4)c3)c(Cl)c2)S1. The molecule has 7 nitrogen and oxygen atoms in total. The molecule has 2 aromatic rings. The number of amides is 3. The first-order chi connectivity index (χ1) is 15.3. The van der Waals surface area contributed by atoms with Gasteiger partial charge in [-0.1, -0.05) is 41.0 Å². The highest BCUT2D eigenvalue weighted by molar-refractivity contribution is 8.15. The van der Waals surface area contributed by atoms with Gasteiger partial charge in [0.15, 0.2) is 5.75 Å². The van der Waals surface area contributed by atoms with Gasteiger partial charge >= 0.3 is 0 Å². The minimum Gasteiger partial charge on any atom is -0.454 e. The summed E-state index contributed by atoms with van der Waals surface area (Å²) < 4.78 is 5.87. The molecule has 1 aliphatic carbocycles. The van der Waals surface area contributed by atoms with Gasteiger partial charge in [0.1, 0.15) is 5.75 Å². The van der Waals surface area contributed by atoms with Gasteiger partial charge in [-0.05, 0) is 61.1 Å². The van der Waals surface area contributed by atoms with Crippen LogP contribution in [0.5, 0.6) is 11.5 Å². The molecular formula is C22H20Cl2N2O5S. The van der Waals surface area contributed by atoms with Crippen molar-refractivity contribution >= 4 is 52.0 Å². The topological polar surface area (TPSA) is 105 Å². The number of carbonyl (C=O) groups is 3. The van der Waals surface area contributed by atoms with E-state index in [0.29, 0.717) is 28.9 Å². The van der Waals surface area contributed by atoms with Crippen LogP contribution in [0.4, 0.5) is 4.79 Å². The summed E-state index contributed by atoms with van der Waals surface area (Å²) in [6.07, 6.45) is 3.28. The first kappa shape index (κ1) is 22.9. The minimum atomic E-state index is -0.538. The van der Waals surface area contributed by atoms with Crippen molar-refractivity contribution in [3.05, 3.63) is 57.1 Å². The molecule has 1 aliphatic heterocycles. The van der Waals surface area contributed by atoms with E-state index in [1.54, 1.807) is 30.3 Å². The molecule has 1 heterocycles. The van der Waals surface area contributed by atoms with Crippen molar-refractivity contribution in [2.24, 2.45) is 0 Å². The molecule has 1 atom stereocenters. The van der Waals surface area contributed by atoms with E-state index in [1.165, 1.54) is 0 Å². The lowest BCUT2D eigenvalue weighted by Gasteiger charge is -2.26. The summed E-state index contributed by atoms with van der Waals surface area (Å²) in [6, 6.07) is 8.21. The second-order valence-corrected chi connectivity index (χ2v) is 9.65. The van der Waals surface area contributed by atoms with Gasteiger partial charge in [-0.3, -0.25) is 19.7 Å². The van der Waals surface area contributed by atoms with Gasteiger partial charge in [0.2, 0.25) is 5.91 Å². The van der Waals surface area contributed by atoms with Crippen LogP contribution >= 0.6 is 35.0 Å². The smallest absolute Gasteiger partial charge is 0.286 e. The molecule has 10 heteroatoms. The fourth-order valence-electron chi connectivity index (χ4n) is 3.47. The number of hydrogen-bond donors (Lipinski definition) is 3. The monoisotopic (exact) mass is 494 g/mol. The summed E-state index contributed by atoms with van der Waals surface area (Å²) in [6.45, 7) is -0.279. The Morgan fingerprint density at radius 2 is 1.91 bits per heavy atom. The number of ether oxygens (including phenoxy) is 1. The molecule has 1 saturated heterocycles. The summed E-state index contributed by atoms with van der Waals surface area (Å²) >= 11 is 13.7. The highest BCUT2D eigenvalue weighted by Crippen LogP contribution is 2.39. The van der Waals surface area contributed by atoms with E-state index in [2.05, 4.69) is 10.6 Å². The Kier molecular flexibility index (Phi) is 6.95. The van der Waals surface area contributed by atoms with Gasteiger partial charge in [0, 0.05) is 11.6 Å². The Bertz CT molecular complexity index is 1070. The lowest BCUT2D eigenvalue weighted by Crippen LogP contribution is -2.39. The van der Waals surface area contributed by atoms with Crippen LogP contribution in [0.25, 0.3) is 0 Å². The number of carbonyl (C=O) groups excluding carboxylic acids is 3. The average molecular weight is 495 g/mol. The van der Waals surface area contributed by atoms with Crippen LogP contribution in [0.3, 0.4) is 0 Å². The summed E-state index contributed by atoms with van der Waals surface area (Å²) in [5.41, 5.74) is 1.50. The van der Waals surface area contributed by atoms with E-state index in [9.17, 15) is 19.5 Å². The Morgan fingerprint density at radius 3 is 2.47 bits per heavy atom. The summed E-state index contributed by atoms with van der Waals surface area (Å²) in [5.74, 6) is -0.0597. The summed E-state index contributed by atoms with van der Waals surface area (Å²) in [7, 11) is 0. The molecule has 0 bridgehead atoms. The number of hydrogen-bond acceptors (Lipinski definition) is 6. The zero-order valence-corrected chi connectivity index (χ0v) is 19.1. The second-order valence-electron chi connectivity index (χ2n) is 7.66. The lowest BCUT2D eigenvalue weighted by molar-refractivity contribution is -0.118. The van der Waals surface area contributed by atoms with Gasteiger partial charge in [0.25, 0.3) is 11.1 Å². The number of halogens is 2. The third-order valence-electron chi connectivity index (χ3n) is 5.40. The largest absolute Gasteiger partial charge is 0.454 e. The van der Waals surface area contributed by atoms with E-state index >= 15 is 0 Å². The molecular weight excluding hydrogens is 475 g/mol. The quantitative estimate of drug-likeness (QED) is 0.524. The van der Waals surface area contributed by atoms with Gasteiger partial charge in [-0.2, -0.15) is 0 Å². The highest BCUT2D eigenvalue weighted by Gasteiger charge is 2.32. The molecule has 2 aliphatic rings. The van der Waals surface area contributed by atoms with Crippen molar-refractivity contribution in [2.45, 2.75) is 43.6 Å². The Hall–Kier alpha value is -2.26. The molecule has 0 radical (unpaired) electrons. The van der Waals surface area contributed by atoms with Crippen LogP contribution in [0, 0.1) is 0 Å². The number of thioether (sulfide) groups is 1. The normalized spacial score (nSPS) is 18.3. The Labute approximate surface area is 198 Å². The fraction of sp³-hybridized carbons (Fsp3) is 0.318. The van der Waals surface area contributed by atoms with Crippen molar-refractivity contribution in [3.63, 3.8) is 0 Å². The van der Waals surface area contributed by atoms with E-state index in [-0.39, 0.29) is 45.5 Å². The van der Waals surface area contributed by atoms with Gasteiger partial charge in [-0.25, -0.2) is 0 Å². The predicted molar refractivity (Wildman–Crippen MR) is 123 cm³/mol. The first-order valence-electron chi connectivity index (χ1n) is 10.1. The third kappa shape index (κ3) is 5.04. The number of aliphatic hydroxyl groups excluding tert-OH is 1. The third-order valence-corrected chi connectivity index (χ3v) is 6.95. The van der Waals surface area contributed by atoms with Gasteiger partial charge < -0.3 is 15.2 Å². The van der Waals surface area contributed by atoms with Gasteiger partial charge in [-0.15, -0.1) is 0 Å². The van der Waals surface area contributed by atoms with Crippen molar-refractivity contribution < 1.29 is 24.2 Å². The zero-order valence-electron chi connectivity index (χ0n) is 16.8. The molecule has 168 valence electrons. The molecule has 2 aromatic carbocycles. The number of aliphatic hydroxyl groups is 1. The molecule has 32 heavy (non-hydrogen) atoms. The van der Waals surface area contributed by atoms with E-state index in [1.807, 2.05) is 0 Å². The predicted octanol–water partition coefficient (Wildman–Crippen LogP) is 4.45. The molecule has 1 saturated carbocycles. The Balaban J connectivity index is 1.53. The Morgan fingerprint density at radius 1 is 1.19 bits per heavy atom. The molecule has 0 aromatic heterocycles. The fourth-order valence-corrected chi connectivity index (χ4v) is 4.94.